The van der Waals surface area contributed by atoms with Crippen LogP contribution in [0.4, 0.5) is 0 Å². The lowest BCUT2D eigenvalue weighted by atomic mass is 9.95. The lowest BCUT2D eigenvalue weighted by Gasteiger charge is -2.09. The summed E-state index contributed by atoms with van der Waals surface area (Å²) < 4.78 is 1.60. The molecular formula is C20H8N4O. The fraction of sp³-hybridized carbons (Fsp3) is 0. The van der Waals surface area contributed by atoms with E-state index in [-0.39, 0.29) is 5.56 Å². The molecule has 0 amide bonds. The highest BCUT2D eigenvalue weighted by molar-refractivity contribution is 6.18. The Balaban J connectivity index is 2.22. The summed E-state index contributed by atoms with van der Waals surface area (Å²) >= 11 is 0. The number of nitrogens with zero attached hydrogens (tertiary/aromatic N) is 4. The summed E-state index contributed by atoms with van der Waals surface area (Å²) in [6.07, 6.45) is 0. The third-order valence-electron chi connectivity index (χ3n) is 4.64. The number of pyridine rings is 1. The normalized spacial score (nSPS) is 11.3. The van der Waals surface area contributed by atoms with Gasteiger partial charge in [0.25, 0.3) is 5.56 Å². The van der Waals surface area contributed by atoms with Gasteiger partial charge in [0.2, 0.25) is 0 Å². The monoisotopic (exact) mass is 320 g/mol. The third-order valence-corrected chi connectivity index (χ3v) is 4.64. The van der Waals surface area contributed by atoms with Crippen LogP contribution < -0.4 is 5.56 Å². The molecule has 114 valence electrons. The van der Waals surface area contributed by atoms with Crippen molar-refractivity contribution in [2.24, 2.45) is 0 Å². The van der Waals surface area contributed by atoms with E-state index < -0.39 is 0 Å². The molecule has 0 bridgehead atoms. The number of hydrogen-bond donors (Lipinski definition) is 0. The maximum atomic E-state index is 13.1. The van der Waals surface area contributed by atoms with Crippen LogP contribution in [0.5, 0.6) is 0 Å². The van der Waals surface area contributed by atoms with Crippen LogP contribution in [0.25, 0.3) is 38.2 Å². The van der Waals surface area contributed by atoms with Crippen molar-refractivity contribution in [3.8, 4) is 12.1 Å². The number of fused-ring (bicyclic) bond motifs is 4. The Labute approximate surface area is 140 Å². The van der Waals surface area contributed by atoms with Gasteiger partial charge < -0.3 is 0 Å². The van der Waals surface area contributed by atoms with Crippen LogP contribution in [0.2, 0.25) is 0 Å². The van der Waals surface area contributed by atoms with Crippen LogP contribution in [0, 0.1) is 22.7 Å². The Morgan fingerprint density at radius 3 is 2.24 bits per heavy atom. The average Bonchev–Trinajstić information content (AvgIpc) is 3.05. The summed E-state index contributed by atoms with van der Waals surface area (Å²) in [6, 6.07) is 18.5. The number of benzene rings is 3. The summed E-state index contributed by atoms with van der Waals surface area (Å²) in [5, 5.41) is 21.3. The van der Waals surface area contributed by atoms with Gasteiger partial charge in [0.1, 0.15) is 5.65 Å². The fourth-order valence-corrected chi connectivity index (χ4v) is 3.58. The van der Waals surface area contributed by atoms with Gasteiger partial charge in [-0.3, -0.25) is 9.20 Å². The number of aromatic nitrogens is 2. The maximum Gasteiger partial charge on any atom is 0.264 e. The highest BCUT2D eigenvalue weighted by atomic mass is 16.1. The van der Waals surface area contributed by atoms with E-state index in [0.717, 1.165) is 16.4 Å². The SMILES string of the molecule is N#Cc1ccc2c(=O)n3c4ccccc4nc3c3ccc(C#N)c1c23. The Kier molecular flexibility index (Phi) is 2.44. The molecule has 0 radical (unpaired) electrons. The molecule has 0 aliphatic heterocycles. The van der Waals surface area contributed by atoms with E-state index in [1.807, 2.05) is 24.3 Å². The van der Waals surface area contributed by atoms with Crippen molar-refractivity contribution in [2.45, 2.75) is 0 Å². The van der Waals surface area contributed by atoms with E-state index in [9.17, 15) is 15.3 Å². The smallest absolute Gasteiger partial charge is 0.264 e. The van der Waals surface area contributed by atoms with Crippen LogP contribution >= 0.6 is 0 Å². The highest BCUT2D eigenvalue weighted by Crippen LogP contribution is 2.33. The molecule has 0 atom stereocenters. The van der Waals surface area contributed by atoms with Crippen LogP contribution in [0.3, 0.4) is 0 Å². The Hall–Kier alpha value is -3.96. The Morgan fingerprint density at radius 2 is 1.52 bits per heavy atom. The van der Waals surface area contributed by atoms with Crippen LogP contribution in [0.1, 0.15) is 11.1 Å². The van der Waals surface area contributed by atoms with Gasteiger partial charge in [-0.05, 0) is 36.4 Å². The van der Waals surface area contributed by atoms with E-state index in [1.165, 1.54) is 0 Å². The third kappa shape index (κ3) is 1.54. The van der Waals surface area contributed by atoms with Gasteiger partial charge in [-0.25, -0.2) is 4.98 Å². The van der Waals surface area contributed by atoms with E-state index >= 15 is 0 Å². The molecule has 0 saturated heterocycles. The molecular weight excluding hydrogens is 312 g/mol. The average molecular weight is 320 g/mol. The van der Waals surface area contributed by atoms with Crippen molar-refractivity contribution in [2.75, 3.05) is 0 Å². The Morgan fingerprint density at radius 1 is 0.840 bits per heavy atom. The molecule has 0 aliphatic carbocycles. The zero-order valence-electron chi connectivity index (χ0n) is 12.8. The van der Waals surface area contributed by atoms with Gasteiger partial charge in [-0.2, -0.15) is 10.5 Å². The number of imidazole rings is 1. The number of nitriles is 2. The molecule has 0 spiro atoms. The van der Waals surface area contributed by atoms with Crippen molar-refractivity contribution < 1.29 is 0 Å². The zero-order valence-corrected chi connectivity index (χ0v) is 12.8. The van der Waals surface area contributed by atoms with Crippen LogP contribution in [0.15, 0.2) is 53.3 Å². The molecule has 5 rings (SSSR count). The van der Waals surface area contributed by atoms with E-state index in [2.05, 4.69) is 17.1 Å². The highest BCUT2D eigenvalue weighted by Gasteiger charge is 2.19. The summed E-state index contributed by atoms with van der Waals surface area (Å²) in [6.45, 7) is 0. The quantitative estimate of drug-likeness (QED) is 0.438. The predicted octanol–water partition coefficient (Wildman–Crippen LogP) is 3.34. The molecule has 0 unspecified atom stereocenters. The largest absolute Gasteiger partial charge is 0.268 e. The summed E-state index contributed by atoms with van der Waals surface area (Å²) in [5.41, 5.74) is 2.60. The molecule has 2 heterocycles. The molecule has 0 fully saturated rings. The number of hydrogen-bond acceptors (Lipinski definition) is 4. The molecule has 5 nitrogen and oxygen atoms in total. The summed E-state index contributed by atoms with van der Waals surface area (Å²) in [4.78, 5) is 17.7. The standard InChI is InChI=1S/C20H8N4O/c21-9-11-5-7-13-18-14(8-6-12(10-22)17(11)18)20(25)24-16-4-2-1-3-15(16)23-19(13)24/h1-8H. The molecule has 0 aliphatic rings. The second-order valence-electron chi connectivity index (χ2n) is 5.86. The predicted molar refractivity (Wildman–Crippen MR) is 94.6 cm³/mol. The van der Waals surface area contributed by atoms with E-state index in [0.29, 0.717) is 32.9 Å². The lowest BCUT2D eigenvalue weighted by Crippen LogP contribution is -2.13. The van der Waals surface area contributed by atoms with Crippen molar-refractivity contribution in [3.63, 3.8) is 0 Å². The van der Waals surface area contributed by atoms with Gasteiger partial charge in [-0.15, -0.1) is 0 Å². The van der Waals surface area contributed by atoms with Gasteiger partial charge >= 0.3 is 0 Å². The zero-order chi connectivity index (χ0) is 17.1. The van der Waals surface area contributed by atoms with Crippen molar-refractivity contribution in [1.82, 2.24) is 9.38 Å². The summed E-state index contributed by atoms with van der Waals surface area (Å²) in [5.74, 6) is 0. The van der Waals surface area contributed by atoms with Crippen molar-refractivity contribution in [1.29, 1.82) is 10.5 Å². The number of rotatable bonds is 0. The van der Waals surface area contributed by atoms with Gasteiger partial charge in [-0.1, -0.05) is 12.1 Å². The maximum absolute atomic E-state index is 13.1. The molecule has 0 saturated carbocycles. The van der Waals surface area contributed by atoms with Gasteiger partial charge in [0.05, 0.1) is 34.3 Å². The van der Waals surface area contributed by atoms with Crippen LogP contribution in [-0.2, 0) is 0 Å². The molecule has 0 N–H and O–H groups in total. The Bertz CT molecular complexity index is 1460. The first kappa shape index (κ1) is 13.5. The molecule has 5 heteroatoms. The van der Waals surface area contributed by atoms with Gasteiger partial charge in [0, 0.05) is 21.5 Å². The van der Waals surface area contributed by atoms with E-state index in [1.54, 1.807) is 28.7 Å². The minimum Gasteiger partial charge on any atom is -0.268 e. The first-order valence-electron chi connectivity index (χ1n) is 7.67. The minimum atomic E-state index is -0.194. The first-order chi connectivity index (χ1) is 12.2. The lowest BCUT2D eigenvalue weighted by molar-refractivity contribution is 1.19. The second-order valence-corrected chi connectivity index (χ2v) is 5.86. The minimum absolute atomic E-state index is 0.194. The van der Waals surface area contributed by atoms with Crippen LogP contribution in [-0.4, -0.2) is 9.38 Å². The molecule has 2 aromatic heterocycles. The second kappa shape index (κ2) is 4.53. The molecule has 3 aromatic carbocycles. The van der Waals surface area contributed by atoms with Gasteiger partial charge in [0.15, 0.2) is 0 Å². The fourth-order valence-electron chi connectivity index (χ4n) is 3.58. The molecule has 5 aromatic rings. The molecule has 25 heavy (non-hydrogen) atoms. The summed E-state index contributed by atoms with van der Waals surface area (Å²) in [7, 11) is 0. The first-order valence-corrected chi connectivity index (χ1v) is 7.67. The topological polar surface area (TPSA) is 81.9 Å². The van der Waals surface area contributed by atoms with E-state index in [4.69, 9.17) is 0 Å². The van der Waals surface area contributed by atoms with Crippen molar-refractivity contribution >= 4 is 38.2 Å². The number of para-hydroxylation sites is 2. The van der Waals surface area contributed by atoms with Crippen molar-refractivity contribution in [3.05, 3.63) is 70.0 Å².